The Morgan fingerprint density at radius 3 is 2.41 bits per heavy atom. The van der Waals surface area contributed by atoms with Gasteiger partial charge >= 0.3 is 5.97 Å². The number of rotatable bonds is 5. The second kappa shape index (κ2) is 9.40. The first-order chi connectivity index (χ1) is 17.7. The lowest BCUT2D eigenvalue weighted by Crippen LogP contribution is -2.03. The van der Waals surface area contributed by atoms with E-state index in [0.29, 0.717) is 21.7 Å². The number of halogens is 1. The number of H-pyrrole nitrogens is 1. The van der Waals surface area contributed by atoms with Crippen LogP contribution in [0.3, 0.4) is 0 Å². The monoisotopic (exact) mass is 516 g/mol. The molecule has 0 fully saturated rings. The highest BCUT2D eigenvalue weighted by atomic mass is 32.2. The Kier molecular flexibility index (Phi) is 6.25. The lowest BCUT2D eigenvalue weighted by molar-refractivity contribution is 0.0600. The van der Waals surface area contributed by atoms with Gasteiger partial charge in [0.25, 0.3) is 0 Å². The van der Waals surface area contributed by atoms with E-state index in [9.17, 15) is 13.4 Å². The smallest absolute Gasteiger partial charge is 0.337 e. The minimum absolute atomic E-state index is 0.00528. The van der Waals surface area contributed by atoms with Crippen LogP contribution in [0.15, 0.2) is 76.1 Å². The number of nitrogens with zero attached hydrogens (tertiary/aromatic N) is 3. The number of fused-ring (bicyclic) bond motifs is 2. The van der Waals surface area contributed by atoms with E-state index in [0.717, 1.165) is 33.1 Å². The number of carbonyl (C=O) groups is 1. The molecule has 0 amide bonds. The van der Waals surface area contributed by atoms with Gasteiger partial charge in [0.05, 0.1) is 39.8 Å². The van der Waals surface area contributed by atoms with Crippen molar-refractivity contribution in [1.29, 1.82) is 0 Å². The molecule has 0 bridgehead atoms. The summed E-state index contributed by atoms with van der Waals surface area (Å²) in [5.41, 5.74) is 3.61. The Morgan fingerprint density at radius 2 is 1.76 bits per heavy atom. The summed E-state index contributed by atoms with van der Waals surface area (Å²) >= 11 is 0. The highest BCUT2D eigenvalue weighted by Gasteiger charge is 2.20. The molecular weight excluding hydrogens is 491 g/mol. The van der Waals surface area contributed by atoms with Crippen molar-refractivity contribution >= 4 is 43.2 Å². The highest BCUT2D eigenvalue weighted by molar-refractivity contribution is 7.93. The Balaban J connectivity index is 1.80. The lowest BCUT2D eigenvalue weighted by Gasteiger charge is -2.18. The predicted octanol–water partition coefficient (Wildman–Crippen LogP) is 6.62. The topological polar surface area (TPSA) is 97.3 Å². The number of ether oxygens (including phenoxy) is 1. The molecule has 0 aliphatic heterocycles. The van der Waals surface area contributed by atoms with Crippen molar-refractivity contribution in [3.63, 3.8) is 0 Å². The molecule has 0 radical (unpaired) electrons. The first kappa shape index (κ1) is 24.6. The van der Waals surface area contributed by atoms with Crippen molar-refractivity contribution in [2.75, 3.05) is 13.4 Å². The Bertz CT molecular complexity index is 1770. The maximum atomic E-state index is 13.9. The van der Waals surface area contributed by atoms with E-state index in [1.165, 1.54) is 19.2 Å². The van der Waals surface area contributed by atoms with Crippen LogP contribution >= 0.6 is 0 Å². The van der Waals surface area contributed by atoms with Gasteiger partial charge in [0, 0.05) is 27.5 Å². The van der Waals surface area contributed by atoms with Crippen LogP contribution < -0.4 is 0 Å². The lowest BCUT2D eigenvalue weighted by atomic mass is 9.92. The summed E-state index contributed by atoms with van der Waals surface area (Å²) in [4.78, 5) is 17.2. The number of aromatic amines is 1. The molecule has 0 saturated heterocycles. The number of aromatic nitrogens is 3. The molecule has 2 aromatic heterocycles. The third-order valence-electron chi connectivity index (χ3n) is 6.22. The normalized spacial score (nSPS) is 13.1. The minimum atomic E-state index is -2.93. The average Bonchev–Trinajstić information content (AvgIpc) is 3.35. The predicted molar refractivity (Wildman–Crippen MR) is 143 cm³/mol. The second-order valence-electron chi connectivity index (χ2n) is 9.12. The van der Waals surface area contributed by atoms with E-state index in [-0.39, 0.29) is 11.7 Å². The highest BCUT2D eigenvalue weighted by Crippen LogP contribution is 2.41. The maximum Gasteiger partial charge on any atom is 0.337 e. The van der Waals surface area contributed by atoms with Crippen molar-refractivity contribution in [2.24, 2.45) is 4.36 Å². The Labute approximate surface area is 213 Å². The first-order valence-corrected chi connectivity index (χ1v) is 13.6. The second-order valence-corrected chi connectivity index (χ2v) is 11.4. The fraction of sp³-hybridized carbons (Fsp3) is 0.179. The number of hydrogen-bond donors (Lipinski definition) is 1. The SMILES string of the molecule is COC(=O)c1ccc(S(C)(=O)=Nc2nc(C(C)C)c(-c3ccc(F)cc3)c3cc4cn[nH]c4cc23)cc1. The van der Waals surface area contributed by atoms with E-state index < -0.39 is 15.7 Å². The number of methoxy groups -OCH3 is 1. The largest absolute Gasteiger partial charge is 0.465 e. The number of esters is 1. The molecule has 0 aliphatic carbocycles. The molecule has 1 N–H and O–H groups in total. The van der Waals surface area contributed by atoms with Crippen LogP contribution in [0.25, 0.3) is 32.8 Å². The number of pyridine rings is 1. The van der Waals surface area contributed by atoms with Gasteiger partial charge in [-0.1, -0.05) is 26.0 Å². The van der Waals surface area contributed by atoms with Crippen LogP contribution in [0.5, 0.6) is 0 Å². The fourth-order valence-electron chi connectivity index (χ4n) is 4.34. The zero-order chi connectivity index (χ0) is 26.3. The minimum Gasteiger partial charge on any atom is -0.465 e. The number of nitrogens with one attached hydrogen (secondary N) is 1. The molecule has 0 spiro atoms. The molecule has 1 unspecified atom stereocenters. The van der Waals surface area contributed by atoms with Gasteiger partial charge in [0.15, 0.2) is 5.82 Å². The van der Waals surface area contributed by atoms with Crippen molar-refractivity contribution in [1.82, 2.24) is 15.2 Å². The Morgan fingerprint density at radius 1 is 1.05 bits per heavy atom. The molecule has 2 heterocycles. The van der Waals surface area contributed by atoms with Crippen LogP contribution in [-0.4, -0.2) is 38.7 Å². The quantitative estimate of drug-likeness (QED) is 0.265. The maximum absolute atomic E-state index is 13.9. The number of carbonyl (C=O) groups excluding carboxylic acids is 1. The molecule has 188 valence electrons. The zero-order valence-corrected chi connectivity index (χ0v) is 21.6. The van der Waals surface area contributed by atoms with E-state index >= 15 is 0 Å². The molecule has 0 saturated carbocycles. The van der Waals surface area contributed by atoms with Crippen LogP contribution in [-0.2, 0) is 14.5 Å². The van der Waals surface area contributed by atoms with Gasteiger partial charge in [-0.15, -0.1) is 0 Å². The van der Waals surface area contributed by atoms with Gasteiger partial charge in [-0.25, -0.2) is 18.4 Å². The third kappa shape index (κ3) is 4.58. The van der Waals surface area contributed by atoms with Gasteiger partial charge < -0.3 is 4.74 Å². The van der Waals surface area contributed by atoms with Crippen molar-refractivity contribution < 1.29 is 18.1 Å². The molecule has 5 aromatic rings. The van der Waals surface area contributed by atoms with Crippen LogP contribution in [0.4, 0.5) is 10.2 Å². The summed E-state index contributed by atoms with van der Waals surface area (Å²) in [6, 6.07) is 16.6. The fourth-order valence-corrected chi connectivity index (χ4v) is 5.55. The molecule has 1 atom stereocenters. The van der Waals surface area contributed by atoms with Gasteiger partial charge in [0.1, 0.15) is 5.82 Å². The van der Waals surface area contributed by atoms with Gasteiger partial charge in [0.2, 0.25) is 0 Å². The molecule has 0 aliphatic rings. The number of benzene rings is 3. The molecule has 9 heteroatoms. The van der Waals surface area contributed by atoms with Crippen LogP contribution in [0.2, 0.25) is 0 Å². The summed E-state index contributed by atoms with van der Waals surface area (Å²) in [6.07, 6.45) is 3.28. The van der Waals surface area contributed by atoms with Crippen LogP contribution in [0.1, 0.15) is 35.8 Å². The van der Waals surface area contributed by atoms with E-state index in [1.807, 2.05) is 26.0 Å². The molecule has 37 heavy (non-hydrogen) atoms. The number of hydrogen-bond acceptors (Lipinski definition) is 6. The Hall–Kier alpha value is -4.11. The van der Waals surface area contributed by atoms with E-state index in [4.69, 9.17) is 9.72 Å². The molecule has 3 aromatic carbocycles. The average molecular weight is 517 g/mol. The van der Waals surface area contributed by atoms with Gasteiger partial charge in [-0.3, -0.25) is 5.10 Å². The van der Waals surface area contributed by atoms with Gasteiger partial charge in [-0.2, -0.15) is 9.46 Å². The summed E-state index contributed by atoms with van der Waals surface area (Å²) in [5, 5.41) is 9.59. The van der Waals surface area contributed by atoms with Crippen LogP contribution in [0, 0.1) is 5.82 Å². The molecule has 5 rings (SSSR count). The van der Waals surface area contributed by atoms with E-state index in [2.05, 4.69) is 14.6 Å². The first-order valence-electron chi connectivity index (χ1n) is 11.6. The summed E-state index contributed by atoms with van der Waals surface area (Å²) in [5.74, 6) is -0.448. The molecular formula is C28H25FN4O3S. The third-order valence-corrected chi connectivity index (χ3v) is 7.89. The zero-order valence-electron chi connectivity index (χ0n) is 20.8. The summed E-state index contributed by atoms with van der Waals surface area (Å²) in [6.45, 7) is 4.05. The van der Waals surface area contributed by atoms with Crippen molar-refractivity contribution in [3.05, 3.63) is 83.9 Å². The standard InChI is InChI=1S/C28H25FN4O3S/c1-16(2)26-25(17-5-9-20(29)10-6-17)22-13-19-15-30-32-24(19)14-23(22)27(31-26)33-37(4,35)21-11-7-18(8-12-21)28(34)36-3/h5-16H,1-4H3,(H,30,32). The molecule has 7 nitrogen and oxygen atoms in total. The van der Waals surface area contributed by atoms with Gasteiger partial charge in [-0.05, 0) is 65.4 Å². The van der Waals surface area contributed by atoms with Crippen molar-refractivity contribution in [2.45, 2.75) is 24.7 Å². The van der Waals surface area contributed by atoms with Crippen molar-refractivity contribution in [3.8, 4) is 11.1 Å². The summed E-state index contributed by atoms with van der Waals surface area (Å²) in [7, 11) is -1.63. The van der Waals surface area contributed by atoms with E-state index in [1.54, 1.807) is 48.9 Å². The summed E-state index contributed by atoms with van der Waals surface area (Å²) < 4.78 is 37.0.